The summed E-state index contributed by atoms with van der Waals surface area (Å²) >= 11 is 0. The molecule has 1 atom stereocenters. The number of amides is 1. The molecule has 1 unspecified atom stereocenters. The van der Waals surface area contributed by atoms with Gasteiger partial charge in [0.15, 0.2) is 0 Å². The van der Waals surface area contributed by atoms with Crippen molar-refractivity contribution in [2.24, 2.45) is 11.8 Å². The van der Waals surface area contributed by atoms with Crippen LogP contribution in [-0.4, -0.2) is 23.9 Å². The minimum absolute atomic E-state index is 0.0777. The van der Waals surface area contributed by atoms with E-state index in [2.05, 4.69) is 6.07 Å². The van der Waals surface area contributed by atoms with Crippen LogP contribution in [0.15, 0.2) is 0 Å². The first-order valence-corrected chi connectivity index (χ1v) is 5.18. The molecule has 0 aromatic rings. The maximum absolute atomic E-state index is 11.7. The standard InChI is InChI=1S/C11H20N2O/c1-5-13(8-10(4)7-12)11(14)6-9(2)3/h9-10H,5-6,8H2,1-4H3. The van der Waals surface area contributed by atoms with Gasteiger partial charge in [-0.05, 0) is 19.8 Å². The molecule has 0 N–H and O–H groups in total. The number of hydrogen-bond acceptors (Lipinski definition) is 2. The fourth-order valence-electron chi connectivity index (χ4n) is 1.26. The molecule has 0 aromatic heterocycles. The Kier molecular flexibility index (Phi) is 5.94. The highest BCUT2D eigenvalue weighted by molar-refractivity contribution is 5.76. The molecule has 14 heavy (non-hydrogen) atoms. The first kappa shape index (κ1) is 13.0. The maximum atomic E-state index is 11.7. The summed E-state index contributed by atoms with van der Waals surface area (Å²) < 4.78 is 0. The zero-order valence-corrected chi connectivity index (χ0v) is 9.58. The van der Waals surface area contributed by atoms with Crippen LogP contribution < -0.4 is 0 Å². The van der Waals surface area contributed by atoms with Crippen LogP contribution in [0.4, 0.5) is 0 Å². The Balaban J connectivity index is 4.14. The number of carbonyl (C=O) groups is 1. The van der Waals surface area contributed by atoms with Crippen molar-refractivity contribution in [3.63, 3.8) is 0 Å². The lowest BCUT2D eigenvalue weighted by Gasteiger charge is -2.22. The van der Waals surface area contributed by atoms with E-state index in [0.29, 0.717) is 25.4 Å². The summed E-state index contributed by atoms with van der Waals surface area (Å²) in [6.07, 6.45) is 0.575. The predicted octanol–water partition coefficient (Wildman–Crippen LogP) is 2.04. The van der Waals surface area contributed by atoms with E-state index >= 15 is 0 Å². The third-order valence-corrected chi connectivity index (χ3v) is 2.03. The van der Waals surface area contributed by atoms with Gasteiger partial charge in [0, 0.05) is 19.5 Å². The number of hydrogen-bond donors (Lipinski definition) is 0. The van der Waals surface area contributed by atoms with Gasteiger partial charge < -0.3 is 4.90 Å². The average molecular weight is 196 g/mol. The van der Waals surface area contributed by atoms with Crippen molar-refractivity contribution in [3.8, 4) is 6.07 Å². The van der Waals surface area contributed by atoms with Gasteiger partial charge in [-0.25, -0.2) is 0 Å². The van der Waals surface area contributed by atoms with Crippen molar-refractivity contribution < 1.29 is 4.79 Å². The Bertz CT molecular complexity index is 218. The van der Waals surface area contributed by atoms with E-state index in [1.165, 1.54) is 0 Å². The van der Waals surface area contributed by atoms with E-state index in [4.69, 9.17) is 5.26 Å². The summed E-state index contributed by atoms with van der Waals surface area (Å²) in [5, 5.41) is 8.65. The molecule has 0 radical (unpaired) electrons. The van der Waals surface area contributed by atoms with E-state index in [0.717, 1.165) is 0 Å². The van der Waals surface area contributed by atoms with Crippen molar-refractivity contribution in [2.45, 2.75) is 34.1 Å². The average Bonchev–Trinajstić information content (AvgIpc) is 2.12. The fraction of sp³-hybridized carbons (Fsp3) is 0.818. The number of rotatable bonds is 5. The molecular weight excluding hydrogens is 176 g/mol. The summed E-state index contributed by atoms with van der Waals surface area (Å²) in [5.41, 5.74) is 0. The van der Waals surface area contributed by atoms with Crippen molar-refractivity contribution in [2.75, 3.05) is 13.1 Å². The van der Waals surface area contributed by atoms with E-state index in [1.807, 2.05) is 27.7 Å². The van der Waals surface area contributed by atoms with E-state index in [1.54, 1.807) is 4.90 Å². The normalized spacial score (nSPS) is 12.3. The molecule has 0 rings (SSSR count). The monoisotopic (exact) mass is 196 g/mol. The Morgan fingerprint density at radius 3 is 2.36 bits per heavy atom. The largest absolute Gasteiger partial charge is 0.342 e. The molecule has 0 saturated heterocycles. The third-order valence-electron chi connectivity index (χ3n) is 2.03. The minimum Gasteiger partial charge on any atom is -0.342 e. The van der Waals surface area contributed by atoms with Crippen molar-refractivity contribution >= 4 is 5.91 Å². The molecule has 0 aliphatic carbocycles. The molecule has 0 aliphatic heterocycles. The summed E-state index contributed by atoms with van der Waals surface area (Å²) in [7, 11) is 0. The van der Waals surface area contributed by atoms with Crippen LogP contribution in [0.3, 0.4) is 0 Å². The van der Waals surface area contributed by atoms with Gasteiger partial charge in [0.1, 0.15) is 0 Å². The summed E-state index contributed by atoms with van der Waals surface area (Å²) in [4.78, 5) is 13.4. The first-order valence-electron chi connectivity index (χ1n) is 5.18. The lowest BCUT2D eigenvalue weighted by molar-refractivity contribution is -0.132. The summed E-state index contributed by atoms with van der Waals surface area (Å²) in [5.74, 6) is 0.463. The number of nitrogens with zero attached hydrogens (tertiary/aromatic N) is 2. The van der Waals surface area contributed by atoms with Crippen LogP contribution >= 0.6 is 0 Å². The highest BCUT2D eigenvalue weighted by Gasteiger charge is 2.15. The van der Waals surface area contributed by atoms with Gasteiger partial charge in [-0.3, -0.25) is 4.79 Å². The molecule has 0 aromatic carbocycles. The lowest BCUT2D eigenvalue weighted by atomic mass is 10.1. The van der Waals surface area contributed by atoms with Gasteiger partial charge in [0.25, 0.3) is 0 Å². The van der Waals surface area contributed by atoms with Crippen molar-refractivity contribution in [1.82, 2.24) is 4.90 Å². The summed E-state index contributed by atoms with van der Waals surface area (Å²) in [6.45, 7) is 9.09. The van der Waals surface area contributed by atoms with E-state index in [9.17, 15) is 4.79 Å². The molecular formula is C11H20N2O. The Morgan fingerprint density at radius 2 is 2.00 bits per heavy atom. The number of nitriles is 1. The summed E-state index contributed by atoms with van der Waals surface area (Å²) in [6, 6.07) is 2.14. The van der Waals surface area contributed by atoms with Crippen LogP contribution in [0.25, 0.3) is 0 Å². The molecule has 0 spiro atoms. The molecule has 0 aliphatic rings. The smallest absolute Gasteiger partial charge is 0.222 e. The fourth-order valence-corrected chi connectivity index (χ4v) is 1.26. The van der Waals surface area contributed by atoms with Gasteiger partial charge in [-0.15, -0.1) is 0 Å². The molecule has 0 heterocycles. The van der Waals surface area contributed by atoms with Gasteiger partial charge >= 0.3 is 0 Å². The third kappa shape index (κ3) is 4.86. The SMILES string of the molecule is CCN(CC(C)C#N)C(=O)CC(C)C. The zero-order valence-electron chi connectivity index (χ0n) is 9.58. The van der Waals surface area contributed by atoms with Crippen LogP contribution in [-0.2, 0) is 4.79 Å². The minimum atomic E-state index is -0.0777. The topological polar surface area (TPSA) is 44.1 Å². The second-order valence-corrected chi connectivity index (χ2v) is 4.06. The molecule has 1 amide bonds. The second-order valence-electron chi connectivity index (χ2n) is 4.06. The van der Waals surface area contributed by atoms with E-state index in [-0.39, 0.29) is 11.8 Å². The van der Waals surface area contributed by atoms with E-state index < -0.39 is 0 Å². The molecule has 80 valence electrons. The molecule has 3 heteroatoms. The van der Waals surface area contributed by atoms with Crippen molar-refractivity contribution in [1.29, 1.82) is 5.26 Å². The van der Waals surface area contributed by atoms with Gasteiger partial charge in [0.05, 0.1) is 12.0 Å². The van der Waals surface area contributed by atoms with Gasteiger partial charge in [0.2, 0.25) is 5.91 Å². The zero-order chi connectivity index (χ0) is 11.1. The Morgan fingerprint density at radius 1 is 1.43 bits per heavy atom. The van der Waals surface area contributed by atoms with Gasteiger partial charge in [-0.2, -0.15) is 5.26 Å². The first-order chi connectivity index (χ1) is 6.51. The van der Waals surface area contributed by atoms with Crippen LogP contribution in [0.5, 0.6) is 0 Å². The highest BCUT2D eigenvalue weighted by atomic mass is 16.2. The van der Waals surface area contributed by atoms with Gasteiger partial charge in [-0.1, -0.05) is 13.8 Å². The van der Waals surface area contributed by atoms with Crippen molar-refractivity contribution in [3.05, 3.63) is 0 Å². The second kappa shape index (κ2) is 6.42. The van der Waals surface area contributed by atoms with Crippen LogP contribution in [0.1, 0.15) is 34.1 Å². The molecule has 0 bridgehead atoms. The predicted molar refractivity (Wildman–Crippen MR) is 56.5 cm³/mol. The molecule has 0 saturated carbocycles. The molecule has 0 fully saturated rings. The molecule has 3 nitrogen and oxygen atoms in total. The van der Waals surface area contributed by atoms with Crippen LogP contribution in [0.2, 0.25) is 0 Å². The quantitative estimate of drug-likeness (QED) is 0.675. The highest BCUT2D eigenvalue weighted by Crippen LogP contribution is 2.06. The number of carbonyl (C=O) groups excluding carboxylic acids is 1. The van der Waals surface area contributed by atoms with Crippen LogP contribution in [0, 0.1) is 23.2 Å². The Hall–Kier alpha value is -1.04. The Labute approximate surface area is 86.7 Å². The lowest BCUT2D eigenvalue weighted by Crippen LogP contribution is -2.34. The maximum Gasteiger partial charge on any atom is 0.222 e.